The third-order valence-electron chi connectivity index (χ3n) is 22.6. The number of pyridine rings is 5. The van der Waals surface area contributed by atoms with Gasteiger partial charge in [0, 0.05) is 89.1 Å². The van der Waals surface area contributed by atoms with Crippen LogP contribution >= 0.6 is 0 Å². The van der Waals surface area contributed by atoms with Crippen LogP contribution in [0.5, 0.6) is 29.4 Å². The van der Waals surface area contributed by atoms with Gasteiger partial charge in [0.1, 0.15) is 23.3 Å². The number of nitrogens with zero attached hydrogens (tertiary/aromatic N) is 5. The highest BCUT2D eigenvalue weighted by Gasteiger charge is 2.32. The third kappa shape index (κ3) is 30.9. The van der Waals surface area contributed by atoms with Gasteiger partial charge in [-0.2, -0.15) is 0 Å². The number of aliphatic hydroxyl groups is 1. The summed E-state index contributed by atoms with van der Waals surface area (Å²) in [6.07, 6.45) is 22.8. The maximum atomic E-state index is 14.7. The highest BCUT2D eigenvalue weighted by Crippen LogP contribution is 2.47. The molecule has 0 saturated heterocycles. The lowest BCUT2D eigenvalue weighted by Gasteiger charge is -2.26. The largest absolute Gasteiger partial charge is 0.481 e. The quantitative estimate of drug-likeness (QED) is 0.0283. The number of amides is 10. The molecule has 1 fully saturated rings. The number of ether oxygens (including phenoxy) is 5. The van der Waals surface area contributed by atoms with Gasteiger partial charge in [0.2, 0.25) is 79.5 Å². The van der Waals surface area contributed by atoms with Crippen LogP contribution in [0.2, 0.25) is 0 Å². The lowest BCUT2D eigenvalue weighted by atomic mass is 9.91. The summed E-state index contributed by atoms with van der Waals surface area (Å²) in [5, 5.41) is 23.0. The Kier molecular flexibility index (Phi) is 33.2. The van der Waals surface area contributed by atoms with E-state index in [9.17, 15) is 79.9 Å². The fourth-order valence-corrected chi connectivity index (χ4v) is 18.9. The summed E-state index contributed by atoms with van der Waals surface area (Å²) in [7, 11) is -22.6. The number of urea groups is 5. The van der Waals surface area contributed by atoms with Crippen LogP contribution in [-0.2, 0) is 88.6 Å². The first-order valence-corrected chi connectivity index (χ1v) is 54.1. The Balaban J connectivity index is 0.000000188. The Morgan fingerprint density at radius 1 is 0.390 bits per heavy atom. The molecule has 5 aromatic heterocycles. The molecule has 10 aromatic rings. The molecule has 758 valence electrons. The normalized spacial score (nSPS) is 15.1. The molecule has 10 amide bonds. The molecule has 1 saturated carbocycles. The van der Waals surface area contributed by atoms with Crippen LogP contribution in [0.4, 0.5) is 61.2 Å². The number of aromatic nitrogens is 5. The maximum absolute atomic E-state index is 14.7. The number of fused-ring (bicyclic) bond motifs is 3. The second-order valence-electron chi connectivity index (χ2n) is 36.0. The number of hydrogen-bond donors (Lipinski definition) is 11. The van der Waals surface area contributed by atoms with Crippen LogP contribution in [0.15, 0.2) is 122 Å². The molecule has 11 N–H and O–H groups in total. The van der Waals surface area contributed by atoms with Gasteiger partial charge in [0.25, 0.3) is 0 Å². The Bertz CT molecular complexity index is 7110. The molecule has 0 atom stereocenters. The highest BCUT2D eigenvalue weighted by molar-refractivity contribution is 7.90. The molecule has 0 aliphatic heterocycles. The van der Waals surface area contributed by atoms with Gasteiger partial charge in [0.15, 0.2) is 0 Å². The predicted octanol–water partition coefficient (Wildman–Crippen LogP) is 16.6. The van der Waals surface area contributed by atoms with E-state index in [1.807, 2.05) is 105 Å². The molecule has 0 bridgehead atoms. The average molecular weight is 2050 g/mol. The molecule has 141 heavy (non-hydrogen) atoms. The Labute approximate surface area is 830 Å². The number of aliphatic hydroxyl groups excluding tert-OH is 1. The number of carbonyl (C=O) groups excluding carboxylic acids is 5. The van der Waals surface area contributed by atoms with Gasteiger partial charge in [-0.3, -0.25) is 0 Å². The standard InChI is InChI=1S/C23H29N3O5S.C21H27N3O4S.2C18H22FN3O4S.C18H21N3O4S/c1-14-12-15-4-3-5-19(15)22(25-23(28)26-32(2,29)30)21(14)16-10-11-24-20(13-16)31-18-8-6-17(27)7-9-18;1-13-11-14-7-6-8-16(14)19(23-20(25)24-29(5,26)27)18(13)15-9-10-22-17(12-15)28-21(2,3)4;2*1-10(2)13-9-14(19)11(3)16(12-6-7-20-15(8-12)26-4)17(13)21-18(23)22-27(5,24)25;1-11-9-12-5-4-6-14(12)17(20-18(22)21-26(3,23)24)16(11)13-7-8-19-15(10-13)25-2/h10-13,17-18,27H,3-9H2,1-2H3,(H2,25,26,28);9-12H,6-8H2,1-5H3,(H2,23,24,25);2*6-10H,1-5H3,(H2,21,22,23);7-10H,4-6H2,1-3H3,(H2,20,21,22)/i;;4D3;;2D3. The van der Waals surface area contributed by atoms with Crippen molar-refractivity contribution in [1.82, 2.24) is 48.5 Å². The van der Waals surface area contributed by atoms with Crippen molar-refractivity contribution in [3.05, 3.63) is 206 Å². The molecule has 0 unspecified atom stereocenters. The number of benzene rings is 5. The predicted molar refractivity (Wildman–Crippen MR) is 540 cm³/mol. The Morgan fingerprint density at radius 3 is 0.943 bits per heavy atom. The van der Waals surface area contributed by atoms with Crippen LogP contribution in [0.25, 0.3) is 55.6 Å². The van der Waals surface area contributed by atoms with Crippen molar-refractivity contribution < 1.29 is 112 Å². The monoisotopic (exact) mass is 2050 g/mol. The van der Waals surface area contributed by atoms with Gasteiger partial charge < -0.3 is 55.4 Å². The average Bonchev–Trinajstić information content (AvgIpc) is 1.58. The minimum atomic E-state index is -3.83. The zero-order chi connectivity index (χ0) is 109. The molecule has 4 aliphatic carbocycles. The Hall–Kier alpha value is -13.2. The van der Waals surface area contributed by atoms with E-state index in [-0.39, 0.29) is 52.6 Å². The van der Waals surface area contributed by atoms with Gasteiger partial charge in [-0.1, -0.05) is 45.9 Å². The zero-order valence-corrected chi connectivity index (χ0v) is 85.3. The smallest absolute Gasteiger partial charge is 0.332 e. The number of sulfonamides is 5. The van der Waals surface area contributed by atoms with E-state index >= 15 is 0 Å². The summed E-state index contributed by atoms with van der Waals surface area (Å²) in [4.78, 5) is 81.9. The molecule has 36 nitrogen and oxygen atoms in total. The van der Waals surface area contributed by atoms with Gasteiger partial charge in [-0.15, -0.1) is 0 Å². The summed E-state index contributed by atoms with van der Waals surface area (Å²) < 4.78 is 223. The maximum Gasteiger partial charge on any atom is 0.332 e. The third-order valence-corrected chi connectivity index (χ3v) is 25.4. The van der Waals surface area contributed by atoms with E-state index in [2.05, 4.69) is 63.6 Å². The molecular weight excluding hydrogens is 1920 g/mol. The lowest BCUT2D eigenvalue weighted by Crippen LogP contribution is -2.34. The first-order chi connectivity index (χ1) is 68.3. The molecule has 4 aliphatic rings. The van der Waals surface area contributed by atoms with E-state index in [4.69, 9.17) is 31.9 Å². The fourth-order valence-electron chi connectivity index (χ4n) is 17.0. The van der Waals surface area contributed by atoms with Gasteiger partial charge >= 0.3 is 30.2 Å². The number of methoxy groups -OCH3 is 3. The number of carbonyl (C=O) groups is 5. The lowest BCUT2D eigenvalue weighted by molar-refractivity contribution is 0.0644. The van der Waals surface area contributed by atoms with Gasteiger partial charge in [0.05, 0.1) is 95.2 Å². The Morgan fingerprint density at radius 2 is 0.660 bits per heavy atom. The molecule has 0 spiro atoms. The SMILES string of the molecule is COc1cc(-c2c(C)c(F)cc(C(C)C)c2NC(=O)NS(C)(=O)=O)ccn1.Cc1cc2c(c(NC(=O)NS(C)(=O)=O)c1-c1ccnc(OC(C)(C)C)c1)CCC2.Cc1cc2c(c(NC(=O)NS(C)(=O)=O)c1-c1ccnc(OC3CCC(O)CC3)c1)CCC2.[2H]C([2H])([2H])Oc1cc(-c2c(C)c(F)cc(C(C)C)c2NC(=O)NS(C)(=O)=O)ccn1.[2H]C([2H])([2H])Oc1cc(-c2c(C)cc3c(c2NC(=O)NS(C)(=O)=O)CCC3)ccn1. The first kappa shape index (κ1) is 101. The van der Waals surface area contributed by atoms with Crippen molar-refractivity contribution >= 4 is 109 Å². The molecular formula is C98H121F2N15O21S5. The fraction of sp³-hybridized carbons (Fsp3) is 0.388. The van der Waals surface area contributed by atoms with Gasteiger partial charge in [-0.25, -0.2) is 123 Å². The number of hydrogen-bond acceptors (Lipinski definition) is 26. The first-order valence-electron chi connectivity index (χ1n) is 47.6. The molecule has 14 rings (SSSR count). The van der Waals surface area contributed by atoms with Crippen molar-refractivity contribution in [3.8, 4) is 85.0 Å². The minimum absolute atomic E-state index is 0.0143. The summed E-state index contributed by atoms with van der Waals surface area (Å²) in [5.41, 5.74) is 18.9. The summed E-state index contributed by atoms with van der Waals surface area (Å²) in [6, 6.07) is 21.2. The summed E-state index contributed by atoms with van der Waals surface area (Å²) in [5.74, 6) is -0.312. The van der Waals surface area contributed by atoms with Crippen LogP contribution in [-0.4, -0.2) is 173 Å². The minimum Gasteiger partial charge on any atom is -0.481 e. The van der Waals surface area contributed by atoms with E-state index in [1.54, 1.807) is 56.1 Å². The molecule has 43 heteroatoms. The summed E-state index contributed by atoms with van der Waals surface area (Å²) in [6.45, 7) is 22.0. The van der Waals surface area contributed by atoms with Crippen LogP contribution in [0.3, 0.4) is 0 Å². The second-order valence-corrected chi connectivity index (χ2v) is 44.7. The van der Waals surface area contributed by atoms with E-state index < -0.39 is 112 Å². The summed E-state index contributed by atoms with van der Waals surface area (Å²) >= 11 is 0. The van der Waals surface area contributed by atoms with Crippen LogP contribution in [0, 0.1) is 46.3 Å². The van der Waals surface area contributed by atoms with Crippen molar-refractivity contribution in [3.63, 3.8) is 0 Å². The molecule has 5 aromatic carbocycles. The number of nitrogens with one attached hydrogen (secondary N) is 10. The highest BCUT2D eigenvalue weighted by atomic mass is 32.2. The number of anilines is 5. The van der Waals surface area contributed by atoms with E-state index in [1.165, 1.54) is 74.1 Å². The van der Waals surface area contributed by atoms with Crippen molar-refractivity contribution in [2.45, 2.75) is 196 Å². The number of rotatable bonds is 23. The molecule has 5 heterocycles. The van der Waals surface area contributed by atoms with Gasteiger partial charge in [-0.05, 0) is 293 Å². The van der Waals surface area contributed by atoms with Crippen LogP contribution < -0.4 is 73.9 Å². The number of aryl methyl sites for hydroxylation is 6. The van der Waals surface area contributed by atoms with E-state index in [0.717, 1.165) is 176 Å². The van der Waals surface area contributed by atoms with Crippen LogP contribution in [0.1, 0.15) is 186 Å². The topological polar surface area (TPSA) is 507 Å². The number of halogens is 2. The van der Waals surface area contributed by atoms with Crippen molar-refractivity contribution in [2.24, 2.45) is 0 Å². The van der Waals surface area contributed by atoms with E-state index in [0.29, 0.717) is 84.9 Å². The van der Waals surface area contributed by atoms with Crippen molar-refractivity contribution in [2.75, 3.05) is 79.0 Å². The zero-order valence-electron chi connectivity index (χ0n) is 87.2. The van der Waals surface area contributed by atoms with Crippen molar-refractivity contribution in [1.29, 1.82) is 0 Å². The second kappa shape index (κ2) is 46.5. The molecule has 0 radical (unpaired) electrons.